The third kappa shape index (κ3) is 4.75. The molecule has 0 aromatic rings. The fraction of sp³-hybridized carbons (Fsp3) is 1.00. The standard InChI is InChI=1S/C14H28BrN/c1-3-4-5-6-7-8-10-16-11-9-13(2)14(16)12-15/h13-14H,3-12H2,1-2H3. The van der Waals surface area contributed by atoms with Gasteiger partial charge in [-0.25, -0.2) is 0 Å². The van der Waals surface area contributed by atoms with E-state index in [0.29, 0.717) is 0 Å². The zero-order valence-corrected chi connectivity index (χ0v) is 12.6. The van der Waals surface area contributed by atoms with Gasteiger partial charge in [0.25, 0.3) is 0 Å². The van der Waals surface area contributed by atoms with Crippen LogP contribution in [0.5, 0.6) is 0 Å². The number of rotatable bonds is 8. The SMILES string of the molecule is CCCCCCCCN1CCC(C)C1CBr. The summed E-state index contributed by atoms with van der Waals surface area (Å²) in [5.74, 6) is 0.888. The maximum atomic E-state index is 3.66. The van der Waals surface area contributed by atoms with Crippen LogP contribution in [0.15, 0.2) is 0 Å². The van der Waals surface area contributed by atoms with E-state index in [9.17, 15) is 0 Å². The predicted molar refractivity (Wildman–Crippen MR) is 76.3 cm³/mol. The summed E-state index contributed by atoms with van der Waals surface area (Å²) in [7, 11) is 0. The third-order valence-electron chi connectivity index (χ3n) is 3.95. The van der Waals surface area contributed by atoms with Crippen LogP contribution in [0.2, 0.25) is 0 Å². The van der Waals surface area contributed by atoms with Gasteiger partial charge in [-0.3, -0.25) is 4.90 Å². The smallest absolute Gasteiger partial charge is 0.0218 e. The van der Waals surface area contributed by atoms with Crippen molar-refractivity contribution in [2.75, 3.05) is 18.4 Å². The van der Waals surface area contributed by atoms with Crippen molar-refractivity contribution in [1.82, 2.24) is 4.90 Å². The van der Waals surface area contributed by atoms with Crippen LogP contribution >= 0.6 is 15.9 Å². The van der Waals surface area contributed by atoms with E-state index in [4.69, 9.17) is 0 Å². The molecule has 1 rings (SSSR count). The lowest BCUT2D eigenvalue weighted by Crippen LogP contribution is -2.34. The first-order valence-electron chi connectivity index (χ1n) is 7.09. The summed E-state index contributed by atoms with van der Waals surface area (Å²) >= 11 is 3.66. The fourth-order valence-corrected chi connectivity index (χ4v) is 3.76. The highest BCUT2D eigenvalue weighted by Crippen LogP contribution is 2.25. The van der Waals surface area contributed by atoms with Crippen molar-refractivity contribution in [3.05, 3.63) is 0 Å². The summed E-state index contributed by atoms with van der Waals surface area (Å²) in [6, 6.07) is 0.802. The highest BCUT2D eigenvalue weighted by molar-refractivity contribution is 9.09. The normalized spacial score (nSPS) is 26.4. The monoisotopic (exact) mass is 289 g/mol. The Bertz CT molecular complexity index is 172. The van der Waals surface area contributed by atoms with Gasteiger partial charge in [0.15, 0.2) is 0 Å². The Morgan fingerprint density at radius 2 is 1.81 bits per heavy atom. The van der Waals surface area contributed by atoms with E-state index in [1.807, 2.05) is 0 Å². The van der Waals surface area contributed by atoms with E-state index in [2.05, 4.69) is 34.7 Å². The molecule has 0 aromatic carbocycles. The van der Waals surface area contributed by atoms with Crippen LogP contribution in [0.3, 0.4) is 0 Å². The molecule has 2 unspecified atom stereocenters. The highest BCUT2D eigenvalue weighted by Gasteiger charge is 2.29. The van der Waals surface area contributed by atoms with Gasteiger partial charge < -0.3 is 0 Å². The molecule has 0 aromatic heterocycles. The second-order valence-corrected chi connectivity index (χ2v) is 5.94. The number of likely N-dealkylation sites (tertiary alicyclic amines) is 1. The van der Waals surface area contributed by atoms with Crippen LogP contribution in [-0.2, 0) is 0 Å². The van der Waals surface area contributed by atoms with Crippen LogP contribution in [0.25, 0.3) is 0 Å². The summed E-state index contributed by atoms with van der Waals surface area (Å²) in [5, 5.41) is 1.16. The molecule has 1 fully saturated rings. The Morgan fingerprint density at radius 1 is 1.12 bits per heavy atom. The Balaban J connectivity index is 2.04. The van der Waals surface area contributed by atoms with Crippen molar-refractivity contribution in [2.24, 2.45) is 5.92 Å². The van der Waals surface area contributed by atoms with E-state index in [0.717, 1.165) is 17.3 Å². The largest absolute Gasteiger partial charge is 0.299 e. The molecule has 0 spiro atoms. The van der Waals surface area contributed by atoms with Crippen LogP contribution in [0.4, 0.5) is 0 Å². The minimum atomic E-state index is 0.802. The summed E-state index contributed by atoms with van der Waals surface area (Å²) < 4.78 is 0. The molecule has 1 aliphatic heterocycles. The van der Waals surface area contributed by atoms with E-state index in [1.54, 1.807) is 0 Å². The molecule has 1 aliphatic rings. The molecular formula is C14H28BrN. The first-order valence-corrected chi connectivity index (χ1v) is 8.21. The van der Waals surface area contributed by atoms with Gasteiger partial charge in [-0.1, -0.05) is 61.9 Å². The Morgan fingerprint density at radius 3 is 2.50 bits per heavy atom. The van der Waals surface area contributed by atoms with Gasteiger partial charge in [0, 0.05) is 11.4 Å². The number of nitrogens with zero attached hydrogens (tertiary/aromatic N) is 1. The number of hydrogen-bond acceptors (Lipinski definition) is 1. The third-order valence-corrected chi connectivity index (χ3v) is 4.62. The Labute approximate surface area is 110 Å². The maximum absolute atomic E-state index is 3.66. The van der Waals surface area contributed by atoms with Gasteiger partial charge in [-0.15, -0.1) is 0 Å². The second kappa shape index (κ2) is 8.52. The van der Waals surface area contributed by atoms with E-state index >= 15 is 0 Å². The molecule has 0 amide bonds. The average Bonchev–Trinajstić information content (AvgIpc) is 2.64. The molecular weight excluding hydrogens is 262 g/mol. The molecule has 1 nitrogen and oxygen atoms in total. The number of hydrogen-bond donors (Lipinski definition) is 0. The van der Waals surface area contributed by atoms with Crippen LogP contribution in [0.1, 0.15) is 58.8 Å². The zero-order chi connectivity index (χ0) is 11.8. The summed E-state index contributed by atoms with van der Waals surface area (Å²) in [6.07, 6.45) is 9.89. The second-order valence-electron chi connectivity index (χ2n) is 5.29. The molecule has 0 aliphatic carbocycles. The van der Waals surface area contributed by atoms with E-state index < -0.39 is 0 Å². The molecule has 0 bridgehead atoms. The molecule has 0 radical (unpaired) electrons. The lowest BCUT2D eigenvalue weighted by molar-refractivity contribution is 0.246. The molecule has 1 saturated heterocycles. The summed E-state index contributed by atoms with van der Waals surface area (Å²) in [4.78, 5) is 2.69. The molecule has 96 valence electrons. The molecule has 1 heterocycles. The summed E-state index contributed by atoms with van der Waals surface area (Å²) in [6.45, 7) is 7.33. The highest BCUT2D eigenvalue weighted by atomic mass is 79.9. The average molecular weight is 290 g/mol. The van der Waals surface area contributed by atoms with Crippen molar-refractivity contribution < 1.29 is 0 Å². The van der Waals surface area contributed by atoms with Gasteiger partial charge in [-0.05, 0) is 31.8 Å². The fourth-order valence-electron chi connectivity index (χ4n) is 2.71. The van der Waals surface area contributed by atoms with Crippen molar-refractivity contribution in [2.45, 2.75) is 64.8 Å². The topological polar surface area (TPSA) is 3.24 Å². The molecule has 0 N–H and O–H groups in total. The van der Waals surface area contributed by atoms with Crippen LogP contribution < -0.4 is 0 Å². The minimum absolute atomic E-state index is 0.802. The minimum Gasteiger partial charge on any atom is -0.299 e. The Kier molecular flexibility index (Phi) is 7.72. The van der Waals surface area contributed by atoms with E-state index in [1.165, 1.54) is 58.0 Å². The number of halogens is 1. The van der Waals surface area contributed by atoms with Crippen LogP contribution in [-0.4, -0.2) is 29.4 Å². The lowest BCUT2D eigenvalue weighted by Gasteiger charge is -2.24. The van der Waals surface area contributed by atoms with Gasteiger partial charge in [0.1, 0.15) is 0 Å². The van der Waals surface area contributed by atoms with Gasteiger partial charge in [0.05, 0.1) is 0 Å². The first kappa shape index (κ1) is 14.5. The van der Waals surface area contributed by atoms with E-state index in [-0.39, 0.29) is 0 Å². The Hall–Kier alpha value is 0.440. The maximum Gasteiger partial charge on any atom is 0.0218 e. The predicted octanol–water partition coefficient (Wildman–Crippen LogP) is 4.45. The van der Waals surface area contributed by atoms with Gasteiger partial charge in [0.2, 0.25) is 0 Å². The lowest BCUT2D eigenvalue weighted by atomic mass is 10.0. The quantitative estimate of drug-likeness (QED) is 0.471. The molecule has 2 atom stereocenters. The number of alkyl halides is 1. The van der Waals surface area contributed by atoms with Crippen LogP contribution in [0, 0.1) is 5.92 Å². The first-order chi connectivity index (χ1) is 7.79. The van der Waals surface area contributed by atoms with Gasteiger partial charge >= 0.3 is 0 Å². The van der Waals surface area contributed by atoms with Crippen molar-refractivity contribution in [1.29, 1.82) is 0 Å². The van der Waals surface area contributed by atoms with Crippen molar-refractivity contribution in [3.8, 4) is 0 Å². The molecule has 2 heteroatoms. The number of unbranched alkanes of at least 4 members (excludes halogenated alkanes) is 5. The van der Waals surface area contributed by atoms with Crippen molar-refractivity contribution >= 4 is 15.9 Å². The van der Waals surface area contributed by atoms with Crippen molar-refractivity contribution in [3.63, 3.8) is 0 Å². The zero-order valence-electron chi connectivity index (χ0n) is 11.1. The summed E-state index contributed by atoms with van der Waals surface area (Å²) in [5.41, 5.74) is 0. The van der Waals surface area contributed by atoms with Gasteiger partial charge in [-0.2, -0.15) is 0 Å². The molecule has 16 heavy (non-hydrogen) atoms. The molecule has 0 saturated carbocycles.